The Kier molecular flexibility index (Phi) is 4.20. The van der Waals surface area contributed by atoms with Gasteiger partial charge in [-0.15, -0.1) is 0 Å². The van der Waals surface area contributed by atoms with Gasteiger partial charge in [0.2, 0.25) is 0 Å². The summed E-state index contributed by atoms with van der Waals surface area (Å²) in [5.41, 5.74) is 0. The van der Waals surface area contributed by atoms with Crippen molar-refractivity contribution in [2.75, 3.05) is 0 Å². The van der Waals surface area contributed by atoms with Crippen LogP contribution in [0.3, 0.4) is 0 Å². The molecular weight excluding hydrogens is 164 g/mol. The molecule has 0 bridgehead atoms. The molecule has 2 unspecified atom stereocenters. The quantitative estimate of drug-likeness (QED) is 0.488. The minimum Gasteiger partial charge on any atom is -0.294 e. The molecule has 6 heteroatoms. The minimum absolute atomic E-state index is 0.290. The Balaban J connectivity index is 3.65. The van der Waals surface area contributed by atoms with Gasteiger partial charge in [-0.05, 0) is 13.8 Å². The third-order valence-corrected chi connectivity index (χ3v) is 2.10. The first-order valence-corrected chi connectivity index (χ1v) is 4.94. The summed E-state index contributed by atoms with van der Waals surface area (Å²) in [5.74, 6) is 0. The van der Waals surface area contributed by atoms with Gasteiger partial charge in [-0.3, -0.25) is 8.74 Å². The molecule has 0 aliphatic heterocycles. The Hall–Kier alpha value is 0.220. The second kappa shape index (κ2) is 4.10. The molecule has 0 saturated carbocycles. The zero-order valence-corrected chi connectivity index (χ0v) is 6.70. The summed E-state index contributed by atoms with van der Waals surface area (Å²) in [6, 6.07) is 0. The minimum atomic E-state index is -2.38. The lowest BCUT2D eigenvalue weighted by molar-refractivity contribution is 0.275. The molecule has 2 atom stereocenters. The van der Waals surface area contributed by atoms with Gasteiger partial charge in [0.05, 0.1) is 6.10 Å². The molecule has 0 aromatic rings. The van der Waals surface area contributed by atoms with E-state index in [-0.39, 0.29) is 6.10 Å². The molecule has 0 saturated heterocycles. The van der Waals surface area contributed by atoms with Crippen molar-refractivity contribution in [3.05, 3.63) is 0 Å². The van der Waals surface area contributed by atoms with Gasteiger partial charge in [-0.25, -0.2) is 8.42 Å². The van der Waals surface area contributed by atoms with E-state index in [1.807, 2.05) is 0 Å². The Bertz CT molecular complexity index is 132. The van der Waals surface area contributed by atoms with E-state index < -0.39 is 20.2 Å². The zero-order valence-electron chi connectivity index (χ0n) is 5.07. The summed E-state index contributed by atoms with van der Waals surface area (Å²) in [4.78, 5) is 0. The fraction of sp³-hybridized carbons (Fsp3) is 1.00. The van der Waals surface area contributed by atoms with Crippen molar-refractivity contribution >= 4 is 20.2 Å². The van der Waals surface area contributed by atoms with E-state index in [9.17, 15) is 8.42 Å². The maximum absolute atomic E-state index is 10.3. The fourth-order valence-electron chi connectivity index (χ4n) is 0.191. The Morgan fingerprint density at radius 2 is 1.89 bits per heavy atom. The molecule has 0 rings (SSSR count). The van der Waals surface area contributed by atoms with E-state index in [0.29, 0.717) is 0 Å². The predicted molar refractivity (Wildman–Crippen MR) is 35.1 cm³/mol. The van der Waals surface area contributed by atoms with Crippen LogP contribution in [0.25, 0.3) is 0 Å². The lowest BCUT2D eigenvalue weighted by Gasteiger charge is -2.00. The Morgan fingerprint density at radius 3 is 2.00 bits per heavy atom. The topological polar surface area (TPSA) is 63.6 Å². The summed E-state index contributed by atoms with van der Waals surface area (Å²) in [6.45, 7) is 3.26. The normalized spacial score (nSPS) is 17.8. The molecule has 9 heavy (non-hydrogen) atoms. The Labute approximate surface area is 57.9 Å². The van der Waals surface area contributed by atoms with Gasteiger partial charge in [0.1, 0.15) is 0 Å². The summed E-state index contributed by atoms with van der Waals surface area (Å²) >= 11 is 0. The van der Waals surface area contributed by atoms with E-state index in [4.69, 9.17) is 4.55 Å². The van der Waals surface area contributed by atoms with E-state index in [1.54, 1.807) is 13.8 Å². The van der Waals surface area contributed by atoms with Crippen LogP contribution in [0.1, 0.15) is 13.8 Å². The summed E-state index contributed by atoms with van der Waals surface area (Å²) < 4.78 is 32.8. The molecule has 0 aliphatic carbocycles. The van der Waals surface area contributed by atoms with E-state index in [2.05, 4.69) is 4.18 Å². The maximum atomic E-state index is 10.3. The highest BCUT2D eigenvalue weighted by Crippen LogP contribution is 1.95. The number of rotatable bonds is 3. The Morgan fingerprint density at radius 1 is 1.44 bits per heavy atom. The maximum Gasteiger partial charge on any atom is 0.277 e. The first-order chi connectivity index (χ1) is 4.04. The van der Waals surface area contributed by atoms with Crippen LogP contribution < -0.4 is 0 Å². The standard InChI is InChI=1S/C3H8O4S2/c1-3(2)7-9(6)8(4)5/h3H,1-2H3,(H,4,5). The van der Waals surface area contributed by atoms with Gasteiger partial charge < -0.3 is 0 Å². The van der Waals surface area contributed by atoms with Crippen LogP contribution in [0.5, 0.6) is 0 Å². The average Bonchev–Trinajstić information content (AvgIpc) is 1.63. The van der Waals surface area contributed by atoms with E-state index in [0.717, 1.165) is 0 Å². The first-order valence-electron chi connectivity index (χ1n) is 2.24. The monoisotopic (exact) mass is 172 g/mol. The van der Waals surface area contributed by atoms with Gasteiger partial charge in [0.15, 0.2) is 0 Å². The molecule has 0 aromatic carbocycles. The molecule has 1 N–H and O–H groups in total. The van der Waals surface area contributed by atoms with Crippen LogP contribution in [0, 0.1) is 0 Å². The molecule has 0 heterocycles. The molecule has 0 spiro atoms. The van der Waals surface area contributed by atoms with E-state index >= 15 is 0 Å². The molecule has 0 radical (unpaired) electrons. The first kappa shape index (κ1) is 9.22. The van der Waals surface area contributed by atoms with Crippen molar-refractivity contribution in [2.45, 2.75) is 20.0 Å². The molecular formula is C3H8O4S2. The fourth-order valence-corrected chi connectivity index (χ4v) is 1.25. The average molecular weight is 172 g/mol. The lowest BCUT2D eigenvalue weighted by atomic mass is 10.5. The molecule has 0 fully saturated rings. The third kappa shape index (κ3) is 4.71. The van der Waals surface area contributed by atoms with Crippen LogP contribution in [0.15, 0.2) is 0 Å². The van der Waals surface area contributed by atoms with Crippen molar-refractivity contribution in [1.29, 1.82) is 0 Å². The molecule has 56 valence electrons. The van der Waals surface area contributed by atoms with Crippen molar-refractivity contribution < 1.29 is 17.2 Å². The summed E-state index contributed by atoms with van der Waals surface area (Å²) in [7, 11) is -4.45. The predicted octanol–water partition coefficient (Wildman–Crippen LogP) is 0.212. The van der Waals surface area contributed by atoms with Crippen LogP contribution in [0.4, 0.5) is 0 Å². The SMILES string of the molecule is CC(C)OS(=O)S(=O)O. The second-order valence-corrected chi connectivity index (χ2v) is 4.27. The highest BCUT2D eigenvalue weighted by molar-refractivity contribution is 8.56. The van der Waals surface area contributed by atoms with Gasteiger partial charge in [0, 0.05) is 0 Å². The highest BCUT2D eigenvalue weighted by atomic mass is 33.2. The highest BCUT2D eigenvalue weighted by Gasteiger charge is 2.08. The van der Waals surface area contributed by atoms with Crippen molar-refractivity contribution in [3.8, 4) is 0 Å². The van der Waals surface area contributed by atoms with Crippen LogP contribution in [-0.4, -0.2) is 19.1 Å². The second-order valence-electron chi connectivity index (χ2n) is 1.57. The number of hydrogen-bond donors (Lipinski definition) is 1. The molecule has 0 amide bonds. The zero-order chi connectivity index (χ0) is 7.44. The van der Waals surface area contributed by atoms with Crippen molar-refractivity contribution in [3.63, 3.8) is 0 Å². The van der Waals surface area contributed by atoms with E-state index in [1.165, 1.54) is 0 Å². The number of hydrogen-bond acceptors (Lipinski definition) is 3. The molecule has 0 aromatic heterocycles. The van der Waals surface area contributed by atoms with Crippen molar-refractivity contribution in [1.82, 2.24) is 0 Å². The van der Waals surface area contributed by atoms with Gasteiger partial charge >= 0.3 is 0 Å². The van der Waals surface area contributed by atoms with Crippen LogP contribution in [-0.2, 0) is 24.4 Å². The summed E-state index contributed by atoms with van der Waals surface area (Å²) in [5, 5.41) is 0. The largest absolute Gasteiger partial charge is 0.294 e. The van der Waals surface area contributed by atoms with Crippen molar-refractivity contribution in [2.24, 2.45) is 0 Å². The summed E-state index contributed by atoms with van der Waals surface area (Å²) in [6.07, 6.45) is -0.290. The van der Waals surface area contributed by atoms with Crippen LogP contribution in [0.2, 0.25) is 0 Å². The van der Waals surface area contributed by atoms with Gasteiger partial charge in [0.25, 0.3) is 20.2 Å². The third-order valence-electron chi connectivity index (χ3n) is 0.387. The lowest BCUT2D eigenvalue weighted by Crippen LogP contribution is -2.09. The molecule has 0 aliphatic rings. The van der Waals surface area contributed by atoms with Crippen LogP contribution >= 0.6 is 0 Å². The van der Waals surface area contributed by atoms with Gasteiger partial charge in [-0.1, -0.05) is 0 Å². The smallest absolute Gasteiger partial charge is 0.277 e. The molecule has 4 nitrogen and oxygen atoms in total. The van der Waals surface area contributed by atoms with Gasteiger partial charge in [-0.2, -0.15) is 0 Å².